The number of carbonyl (C=O) groups is 2. The van der Waals surface area contributed by atoms with E-state index in [1.807, 2.05) is 18.2 Å². The van der Waals surface area contributed by atoms with Gasteiger partial charge in [0.25, 0.3) is 0 Å². The normalized spacial score (nSPS) is 16.1. The van der Waals surface area contributed by atoms with E-state index in [2.05, 4.69) is 10.2 Å². The van der Waals surface area contributed by atoms with Crippen molar-refractivity contribution in [3.8, 4) is 23.0 Å². The van der Waals surface area contributed by atoms with Gasteiger partial charge in [0.2, 0.25) is 17.6 Å². The molecule has 14 heteroatoms. The topological polar surface area (TPSA) is 148 Å². The molecule has 250 valence electrons. The van der Waals surface area contributed by atoms with Gasteiger partial charge in [0.05, 0.1) is 50.6 Å². The van der Waals surface area contributed by atoms with Crippen molar-refractivity contribution in [1.82, 2.24) is 10.2 Å². The minimum Gasteiger partial charge on any atom is -0.491 e. The molecule has 0 spiro atoms. The van der Waals surface area contributed by atoms with Crippen LogP contribution in [0.25, 0.3) is 0 Å². The molecule has 0 radical (unpaired) electrons. The molecule has 0 aromatic heterocycles. The number of nitro groups is 1. The maximum Gasteiger partial charge on any atom is 0.313 e. The summed E-state index contributed by atoms with van der Waals surface area (Å²) in [6.45, 7) is 4.44. The molecule has 3 aromatic carbocycles. The lowest BCUT2D eigenvalue weighted by molar-refractivity contribution is -0.385. The fourth-order valence-electron chi connectivity index (χ4n) is 5.22. The number of rotatable bonds is 18. The molecule has 2 aliphatic heterocycles. The number of nitrogens with zero attached hydrogens (tertiary/aromatic N) is 2. The maximum absolute atomic E-state index is 12.3. The lowest BCUT2D eigenvalue weighted by Gasteiger charge is -2.29. The number of hydrogen-bond donors (Lipinski definition) is 1. The second-order valence-corrected chi connectivity index (χ2v) is 11.2. The van der Waals surface area contributed by atoms with Gasteiger partial charge in [-0.2, -0.15) is 0 Å². The number of imide groups is 1. The highest BCUT2D eigenvalue weighted by atomic mass is 35.5. The van der Waals surface area contributed by atoms with Crippen LogP contribution >= 0.6 is 11.6 Å². The molecule has 1 atom stereocenters. The molecule has 2 heterocycles. The molecule has 1 fully saturated rings. The third-order valence-corrected chi connectivity index (χ3v) is 7.75. The first-order chi connectivity index (χ1) is 22.9. The first-order valence-corrected chi connectivity index (χ1v) is 15.6. The largest absolute Gasteiger partial charge is 0.491 e. The van der Waals surface area contributed by atoms with E-state index in [0.717, 1.165) is 16.9 Å². The van der Waals surface area contributed by atoms with Crippen LogP contribution in [0.1, 0.15) is 24.0 Å². The van der Waals surface area contributed by atoms with Crippen LogP contribution in [0.15, 0.2) is 60.7 Å². The molecule has 0 bridgehead atoms. The fourth-order valence-corrected chi connectivity index (χ4v) is 5.39. The van der Waals surface area contributed by atoms with E-state index in [4.69, 9.17) is 40.0 Å². The molecule has 1 N–H and O–H groups in total. The van der Waals surface area contributed by atoms with E-state index in [-0.39, 0.29) is 34.3 Å². The third-order valence-electron chi connectivity index (χ3n) is 7.51. The molecule has 0 saturated carbocycles. The number of hydrogen-bond acceptors (Lipinski definition) is 11. The number of nitrogens with one attached hydrogen (secondary N) is 1. The Labute approximate surface area is 276 Å². The molecule has 5 rings (SSSR count). The van der Waals surface area contributed by atoms with E-state index in [1.54, 1.807) is 24.3 Å². The minimum atomic E-state index is -0.547. The lowest BCUT2D eigenvalue weighted by atomic mass is 10.0. The van der Waals surface area contributed by atoms with Gasteiger partial charge in [-0.05, 0) is 54.4 Å². The number of halogens is 1. The number of ether oxygens (including phenoxy) is 6. The zero-order chi connectivity index (χ0) is 33.0. The average Bonchev–Trinajstić information content (AvgIpc) is 3.49. The number of nitro benzene ring substituents is 1. The van der Waals surface area contributed by atoms with Crippen LogP contribution < -0.4 is 19.5 Å². The molecule has 2 aliphatic rings. The van der Waals surface area contributed by atoms with Crippen LogP contribution in [-0.4, -0.2) is 80.5 Å². The molecule has 1 unspecified atom stereocenters. The molecule has 3 aromatic rings. The maximum atomic E-state index is 12.3. The summed E-state index contributed by atoms with van der Waals surface area (Å²) >= 11 is 5.84. The van der Waals surface area contributed by atoms with Crippen LogP contribution in [0.2, 0.25) is 5.02 Å². The Morgan fingerprint density at radius 1 is 0.809 bits per heavy atom. The monoisotopic (exact) mass is 669 g/mol. The van der Waals surface area contributed by atoms with Gasteiger partial charge in [0, 0.05) is 36.2 Å². The van der Waals surface area contributed by atoms with Crippen molar-refractivity contribution in [3.63, 3.8) is 0 Å². The quantitative estimate of drug-likeness (QED) is 0.0872. The SMILES string of the molecule is O=C1CCC(N2Cc3cccc(OCCOCCOCCOCCOc4ccc(Oc5ccc(Cl)cc5[N+](=O)[O-])cc4)c3C2)C(=O)N1. The molecule has 13 nitrogen and oxygen atoms in total. The van der Waals surface area contributed by atoms with Crippen molar-refractivity contribution in [3.05, 3.63) is 86.9 Å². The second kappa shape index (κ2) is 17.0. The Bertz CT molecular complexity index is 1540. The van der Waals surface area contributed by atoms with Crippen molar-refractivity contribution in [1.29, 1.82) is 0 Å². The first kappa shape index (κ1) is 34.1. The molecule has 1 saturated heterocycles. The van der Waals surface area contributed by atoms with Gasteiger partial charge in [-0.3, -0.25) is 29.9 Å². The first-order valence-electron chi connectivity index (χ1n) is 15.3. The Morgan fingerprint density at radius 2 is 1.47 bits per heavy atom. The summed E-state index contributed by atoms with van der Waals surface area (Å²) in [5.74, 6) is 1.47. The number of fused-ring (bicyclic) bond motifs is 1. The van der Waals surface area contributed by atoms with E-state index in [0.29, 0.717) is 90.3 Å². The van der Waals surface area contributed by atoms with Gasteiger partial charge in [-0.1, -0.05) is 23.7 Å². The van der Waals surface area contributed by atoms with E-state index >= 15 is 0 Å². The predicted molar refractivity (Wildman–Crippen MR) is 170 cm³/mol. The van der Waals surface area contributed by atoms with Crippen LogP contribution in [0.4, 0.5) is 5.69 Å². The summed E-state index contributed by atoms with van der Waals surface area (Å²) in [6, 6.07) is 16.5. The summed E-state index contributed by atoms with van der Waals surface area (Å²) in [5.41, 5.74) is 1.98. The summed E-state index contributed by atoms with van der Waals surface area (Å²) in [7, 11) is 0. The lowest BCUT2D eigenvalue weighted by Crippen LogP contribution is -2.50. The average molecular weight is 670 g/mol. The number of piperidine rings is 1. The van der Waals surface area contributed by atoms with Crippen LogP contribution in [-0.2, 0) is 36.9 Å². The number of amides is 2. The zero-order valence-corrected chi connectivity index (χ0v) is 26.4. The van der Waals surface area contributed by atoms with Gasteiger partial charge in [-0.25, -0.2) is 0 Å². The van der Waals surface area contributed by atoms with Crippen molar-refractivity contribution in [2.75, 3.05) is 52.9 Å². The minimum absolute atomic E-state index is 0.0953. The van der Waals surface area contributed by atoms with E-state index < -0.39 is 4.92 Å². The Balaban J connectivity index is 0.875. The summed E-state index contributed by atoms with van der Waals surface area (Å²) in [6.07, 6.45) is 0.889. The summed E-state index contributed by atoms with van der Waals surface area (Å²) in [4.78, 5) is 36.6. The highest BCUT2D eigenvalue weighted by Crippen LogP contribution is 2.35. The van der Waals surface area contributed by atoms with Gasteiger partial charge < -0.3 is 28.4 Å². The molecular formula is C33H36ClN3O10. The number of benzene rings is 3. The molecular weight excluding hydrogens is 634 g/mol. The van der Waals surface area contributed by atoms with Gasteiger partial charge >= 0.3 is 5.69 Å². The van der Waals surface area contributed by atoms with Gasteiger partial charge in [0.15, 0.2) is 0 Å². The van der Waals surface area contributed by atoms with Crippen LogP contribution in [0, 0.1) is 10.1 Å². The van der Waals surface area contributed by atoms with Crippen LogP contribution in [0.5, 0.6) is 23.0 Å². The zero-order valence-electron chi connectivity index (χ0n) is 25.7. The standard InChI is InChI=1S/C33H36ClN3O10/c34-24-4-10-31(29(20-24)37(40)41)47-26-7-5-25(6-8-26)45-18-16-43-14-12-42-13-15-44-17-19-46-30-3-1-2-23-21-36(22-27(23)30)28-9-11-32(38)35-33(28)39/h1-8,10,20,28H,9,11-19,21-22H2,(H,35,38,39). The summed E-state index contributed by atoms with van der Waals surface area (Å²) in [5, 5.41) is 13.9. The van der Waals surface area contributed by atoms with Crippen molar-refractivity contribution in [2.45, 2.75) is 32.0 Å². The Kier molecular flexibility index (Phi) is 12.4. The van der Waals surface area contributed by atoms with E-state index in [1.165, 1.54) is 18.2 Å². The smallest absolute Gasteiger partial charge is 0.313 e. The highest BCUT2D eigenvalue weighted by Gasteiger charge is 2.35. The Morgan fingerprint density at radius 3 is 2.15 bits per heavy atom. The Hall–Kier alpha value is -4.27. The molecule has 2 amide bonds. The number of carbonyl (C=O) groups excluding carboxylic acids is 2. The molecule has 0 aliphatic carbocycles. The second-order valence-electron chi connectivity index (χ2n) is 10.7. The van der Waals surface area contributed by atoms with Crippen molar-refractivity contribution >= 4 is 29.1 Å². The van der Waals surface area contributed by atoms with Gasteiger partial charge in [-0.15, -0.1) is 0 Å². The highest BCUT2D eigenvalue weighted by molar-refractivity contribution is 6.30. The van der Waals surface area contributed by atoms with E-state index in [9.17, 15) is 19.7 Å². The van der Waals surface area contributed by atoms with Crippen molar-refractivity contribution in [2.24, 2.45) is 0 Å². The van der Waals surface area contributed by atoms with Crippen molar-refractivity contribution < 1.29 is 42.9 Å². The van der Waals surface area contributed by atoms with Gasteiger partial charge in [0.1, 0.15) is 30.5 Å². The third kappa shape index (κ3) is 9.86. The van der Waals surface area contributed by atoms with Crippen LogP contribution in [0.3, 0.4) is 0 Å². The predicted octanol–water partition coefficient (Wildman–Crippen LogP) is 4.67. The summed E-state index contributed by atoms with van der Waals surface area (Å²) < 4.78 is 34.0. The fraction of sp³-hybridized carbons (Fsp3) is 0.394. The molecule has 47 heavy (non-hydrogen) atoms.